The van der Waals surface area contributed by atoms with E-state index in [1.807, 2.05) is 0 Å². The van der Waals surface area contributed by atoms with Crippen LogP contribution in [0.3, 0.4) is 0 Å². The Hall–Kier alpha value is -1.97. The van der Waals surface area contributed by atoms with Gasteiger partial charge in [-0.15, -0.1) is 0 Å². The van der Waals surface area contributed by atoms with Crippen LogP contribution in [0.4, 0.5) is 5.69 Å². The molecule has 0 saturated heterocycles. The van der Waals surface area contributed by atoms with Gasteiger partial charge in [0.15, 0.2) is 6.29 Å². The quantitative estimate of drug-likeness (QED) is 0.414. The van der Waals surface area contributed by atoms with Gasteiger partial charge in [-0.25, -0.2) is 0 Å². The molecule has 0 atom stereocenters. The minimum atomic E-state index is 0.546. The molecule has 1 aromatic rings. The summed E-state index contributed by atoms with van der Waals surface area (Å²) < 4.78 is 0. The molecule has 0 spiro atoms. The van der Waals surface area contributed by atoms with Crippen LogP contribution in [0.15, 0.2) is 29.4 Å². The normalized spacial score (nSPS) is 9.85. The predicted molar refractivity (Wildman–Crippen MR) is 52.7 cm³/mol. The molecule has 0 aliphatic heterocycles. The summed E-state index contributed by atoms with van der Waals surface area (Å²) in [6.45, 7) is 0. The molecule has 0 unspecified atom stereocenters. The summed E-state index contributed by atoms with van der Waals surface area (Å²) in [6.07, 6.45) is 3.10. The summed E-state index contributed by atoms with van der Waals surface area (Å²) >= 11 is 0. The van der Waals surface area contributed by atoms with Crippen LogP contribution < -0.4 is 5.43 Å². The van der Waals surface area contributed by atoms with Crippen LogP contribution in [0.25, 0.3) is 0 Å². The zero-order valence-corrected chi connectivity index (χ0v) is 6.90. The Morgan fingerprint density at radius 1 is 1.38 bits per heavy atom. The summed E-state index contributed by atoms with van der Waals surface area (Å²) in [5.41, 5.74) is 3.83. The van der Waals surface area contributed by atoms with Crippen LogP contribution in [0, 0.1) is 5.41 Å². The molecule has 0 aliphatic rings. The number of carbonyl (C=O) groups is 1. The molecule has 0 aromatic heterocycles. The molecule has 13 heavy (non-hydrogen) atoms. The Labute approximate surface area is 75.8 Å². The van der Waals surface area contributed by atoms with Crippen LogP contribution >= 0.6 is 0 Å². The molecular formula is C9H9N3O. The molecule has 66 valence electrons. The number of carbonyl (C=O) groups excluding carboxylic acids is 1. The molecule has 4 heteroatoms. The van der Waals surface area contributed by atoms with Gasteiger partial charge >= 0.3 is 0 Å². The van der Waals surface area contributed by atoms with Gasteiger partial charge in [0, 0.05) is 11.8 Å². The first-order chi connectivity index (χ1) is 6.38. The number of nitrogens with zero attached hydrogens (tertiary/aromatic N) is 1. The maximum Gasteiger partial charge on any atom is 0.152 e. The highest BCUT2D eigenvalue weighted by Crippen LogP contribution is 2.11. The predicted octanol–water partition coefficient (Wildman–Crippen LogP) is 1.55. The monoisotopic (exact) mass is 175 g/mol. The zero-order valence-electron chi connectivity index (χ0n) is 6.90. The van der Waals surface area contributed by atoms with Gasteiger partial charge in [0.2, 0.25) is 0 Å². The Balaban J connectivity index is 2.80. The molecule has 2 N–H and O–H groups in total. The lowest BCUT2D eigenvalue weighted by atomic mass is 10.2. The van der Waals surface area contributed by atoms with Crippen molar-refractivity contribution < 1.29 is 4.79 Å². The Morgan fingerprint density at radius 2 is 2.15 bits per heavy atom. The topological polar surface area (TPSA) is 65.3 Å². The third-order valence-corrected chi connectivity index (χ3v) is 1.42. The molecule has 0 bridgehead atoms. The molecule has 4 nitrogen and oxygen atoms in total. The van der Waals surface area contributed by atoms with Gasteiger partial charge in [-0.2, -0.15) is 5.10 Å². The lowest BCUT2D eigenvalue weighted by Crippen LogP contribution is -1.94. The molecule has 1 aromatic carbocycles. The van der Waals surface area contributed by atoms with E-state index in [2.05, 4.69) is 10.5 Å². The molecule has 1 rings (SSSR count). The van der Waals surface area contributed by atoms with Crippen LogP contribution in [0.5, 0.6) is 0 Å². The highest BCUT2D eigenvalue weighted by atomic mass is 16.1. The number of nitrogens with one attached hydrogen (secondary N) is 2. The largest absolute Gasteiger partial charge is 0.307 e. The number of rotatable bonds is 4. The summed E-state index contributed by atoms with van der Waals surface area (Å²) in [5.74, 6) is 0. The summed E-state index contributed by atoms with van der Waals surface area (Å²) in [7, 11) is 0. The minimum absolute atomic E-state index is 0.546. The van der Waals surface area contributed by atoms with Crippen molar-refractivity contribution in [3.05, 3.63) is 29.8 Å². The van der Waals surface area contributed by atoms with Gasteiger partial charge in [0.05, 0.1) is 11.9 Å². The van der Waals surface area contributed by atoms with E-state index in [9.17, 15) is 4.79 Å². The molecule has 0 heterocycles. The summed E-state index contributed by atoms with van der Waals surface area (Å²) in [5, 5.41) is 10.4. The summed E-state index contributed by atoms with van der Waals surface area (Å²) in [4.78, 5) is 10.5. The van der Waals surface area contributed by atoms with Gasteiger partial charge in [0.25, 0.3) is 0 Å². The van der Waals surface area contributed by atoms with Crippen molar-refractivity contribution in [2.24, 2.45) is 5.10 Å². The fourth-order valence-corrected chi connectivity index (χ4v) is 0.846. The van der Waals surface area contributed by atoms with Gasteiger partial charge in [-0.05, 0) is 12.1 Å². The SMILES string of the molecule is N=C/C=N\Nc1ccccc1C=O. The number of hydrogen-bond acceptors (Lipinski definition) is 4. The Bertz CT molecular complexity index is 333. The van der Waals surface area contributed by atoms with Gasteiger partial charge < -0.3 is 5.41 Å². The average Bonchev–Trinajstić information content (AvgIpc) is 2.19. The summed E-state index contributed by atoms with van der Waals surface area (Å²) in [6, 6.07) is 7.00. The number of para-hydroxylation sites is 1. The molecule has 0 amide bonds. The standard InChI is InChI=1S/C9H9N3O/c10-5-6-11-12-9-4-2-1-3-8(9)7-13/h1-7,10,12H/b10-5?,11-6-. The van der Waals surface area contributed by atoms with E-state index in [1.54, 1.807) is 24.3 Å². The van der Waals surface area contributed by atoms with Crippen molar-refractivity contribution >= 4 is 24.4 Å². The molecular weight excluding hydrogens is 166 g/mol. The third-order valence-electron chi connectivity index (χ3n) is 1.42. The second-order valence-electron chi connectivity index (χ2n) is 2.26. The third kappa shape index (κ3) is 2.52. The first-order valence-electron chi connectivity index (χ1n) is 3.71. The molecule has 0 saturated carbocycles. The van der Waals surface area contributed by atoms with Crippen LogP contribution in [0.1, 0.15) is 10.4 Å². The second-order valence-corrected chi connectivity index (χ2v) is 2.26. The van der Waals surface area contributed by atoms with Crippen molar-refractivity contribution in [3.63, 3.8) is 0 Å². The Morgan fingerprint density at radius 3 is 2.85 bits per heavy atom. The maximum absolute atomic E-state index is 10.5. The van der Waals surface area contributed by atoms with E-state index < -0.39 is 0 Å². The van der Waals surface area contributed by atoms with Crippen molar-refractivity contribution in [3.8, 4) is 0 Å². The van der Waals surface area contributed by atoms with E-state index in [0.717, 1.165) is 12.5 Å². The van der Waals surface area contributed by atoms with Crippen LogP contribution in [-0.4, -0.2) is 18.7 Å². The fourth-order valence-electron chi connectivity index (χ4n) is 0.846. The average molecular weight is 175 g/mol. The minimum Gasteiger partial charge on any atom is -0.307 e. The highest BCUT2D eigenvalue weighted by molar-refractivity contribution is 6.14. The fraction of sp³-hybridized carbons (Fsp3) is 0. The van der Waals surface area contributed by atoms with Crippen molar-refractivity contribution in [2.75, 3.05) is 5.43 Å². The van der Waals surface area contributed by atoms with Gasteiger partial charge in [-0.3, -0.25) is 10.2 Å². The van der Waals surface area contributed by atoms with Crippen LogP contribution in [0.2, 0.25) is 0 Å². The first kappa shape index (κ1) is 9.12. The first-order valence-corrected chi connectivity index (χ1v) is 3.71. The molecule has 0 aliphatic carbocycles. The number of hydrogen-bond donors (Lipinski definition) is 2. The smallest absolute Gasteiger partial charge is 0.152 e. The van der Waals surface area contributed by atoms with E-state index in [-0.39, 0.29) is 0 Å². The lowest BCUT2D eigenvalue weighted by molar-refractivity contribution is 0.112. The van der Waals surface area contributed by atoms with Gasteiger partial charge in [0.1, 0.15) is 0 Å². The van der Waals surface area contributed by atoms with Crippen molar-refractivity contribution in [1.82, 2.24) is 0 Å². The number of anilines is 1. The van der Waals surface area contributed by atoms with E-state index in [0.29, 0.717) is 11.3 Å². The number of aldehydes is 1. The zero-order chi connectivity index (χ0) is 9.52. The molecule has 0 radical (unpaired) electrons. The van der Waals surface area contributed by atoms with E-state index >= 15 is 0 Å². The van der Waals surface area contributed by atoms with E-state index in [1.165, 1.54) is 6.21 Å². The second kappa shape index (κ2) is 4.82. The van der Waals surface area contributed by atoms with Crippen molar-refractivity contribution in [1.29, 1.82) is 5.41 Å². The van der Waals surface area contributed by atoms with Crippen molar-refractivity contribution in [2.45, 2.75) is 0 Å². The maximum atomic E-state index is 10.5. The number of hydrazone groups is 1. The van der Waals surface area contributed by atoms with E-state index in [4.69, 9.17) is 5.41 Å². The lowest BCUT2D eigenvalue weighted by Gasteiger charge is -2.01. The Kier molecular flexibility index (Phi) is 3.38. The highest BCUT2D eigenvalue weighted by Gasteiger charge is 1.96. The van der Waals surface area contributed by atoms with Crippen LogP contribution in [-0.2, 0) is 0 Å². The molecule has 0 fully saturated rings. The number of benzene rings is 1. The van der Waals surface area contributed by atoms with Gasteiger partial charge in [-0.1, -0.05) is 12.1 Å².